The van der Waals surface area contributed by atoms with E-state index in [-0.39, 0.29) is 23.4 Å². The first-order chi connectivity index (χ1) is 10.1. The van der Waals surface area contributed by atoms with Gasteiger partial charge in [0.1, 0.15) is 23.3 Å². The van der Waals surface area contributed by atoms with Gasteiger partial charge in [0.25, 0.3) is 0 Å². The zero-order valence-electron chi connectivity index (χ0n) is 11.6. The van der Waals surface area contributed by atoms with Gasteiger partial charge in [-0.1, -0.05) is 25.3 Å². The molecule has 1 rings (SSSR count). The van der Waals surface area contributed by atoms with Crippen LogP contribution in [0.3, 0.4) is 0 Å². The number of nitrogens with two attached hydrogens (primary N) is 1. The molecule has 21 heavy (non-hydrogen) atoms. The van der Waals surface area contributed by atoms with Crippen LogP contribution in [-0.2, 0) is 6.42 Å². The smallest absolute Gasteiger partial charge is 0.240 e. The summed E-state index contributed by atoms with van der Waals surface area (Å²) in [4.78, 5) is 4.67. The molecule has 0 spiro atoms. The molecule has 0 atom stereocenters. The minimum absolute atomic E-state index is 0.0618. The lowest BCUT2D eigenvalue weighted by atomic mass is 10.0. The van der Waals surface area contributed by atoms with Gasteiger partial charge in [-0.3, -0.25) is 4.90 Å². The Hall–Kier alpha value is -3.30. The quantitative estimate of drug-likeness (QED) is 0.782. The highest BCUT2D eigenvalue weighted by Crippen LogP contribution is 2.24. The molecule has 0 radical (unpaired) electrons. The predicted molar refractivity (Wildman–Crippen MR) is 78.8 cm³/mol. The summed E-state index contributed by atoms with van der Waals surface area (Å²) < 4.78 is 0. The fraction of sp³-hybridized carbons (Fsp3) is 0.200. The molecule has 0 amide bonds. The SMILES string of the molecule is C=CCN(CC=C)c1[nH+]c(N)c(C#N)c(CC#N)c1C#N. The molecule has 3 N–H and O–H groups in total. The number of anilines is 2. The molecule has 0 unspecified atom stereocenters. The van der Waals surface area contributed by atoms with E-state index in [2.05, 4.69) is 18.1 Å². The van der Waals surface area contributed by atoms with Gasteiger partial charge in [-0.05, 0) is 0 Å². The maximum absolute atomic E-state index is 9.41. The van der Waals surface area contributed by atoms with Crippen molar-refractivity contribution in [1.82, 2.24) is 0 Å². The van der Waals surface area contributed by atoms with Crippen LogP contribution in [0.5, 0.6) is 0 Å². The summed E-state index contributed by atoms with van der Waals surface area (Å²) in [6.45, 7) is 8.27. The van der Waals surface area contributed by atoms with Crippen LogP contribution in [0.2, 0.25) is 0 Å². The fourth-order valence-corrected chi connectivity index (χ4v) is 1.99. The van der Waals surface area contributed by atoms with Crippen molar-refractivity contribution >= 4 is 11.6 Å². The number of nitrogen functional groups attached to an aromatic ring is 1. The molecule has 0 aliphatic rings. The molecule has 0 saturated heterocycles. The van der Waals surface area contributed by atoms with Crippen LogP contribution in [0.4, 0.5) is 11.6 Å². The van der Waals surface area contributed by atoms with Crippen molar-refractivity contribution in [1.29, 1.82) is 15.8 Å². The zero-order valence-corrected chi connectivity index (χ0v) is 11.6. The average molecular weight is 279 g/mol. The Bertz CT molecular complexity index is 674. The minimum Gasteiger partial charge on any atom is -0.318 e. The third-order valence-electron chi connectivity index (χ3n) is 2.86. The minimum atomic E-state index is -0.0618. The lowest BCUT2D eigenvalue weighted by Gasteiger charge is -2.18. The highest BCUT2D eigenvalue weighted by Gasteiger charge is 2.25. The molecule has 0 bridgehead atoms. The van der Waals surface area contributed by atoms with Gasteiger partial charge >= 0.3 is 0 Å². The van der Waals surface area contributed by atoms with E-state index in [9.17, 15) is 5.26 Å². The molecule has 104 valence electrons. The molecule has 1 aromatic heterocycles. The maximum Gasteiger partial charge on any atom is 0.240 e. The van der Waals surface area contributed by atoms with E-state index >= 15 is 0 Å². The number of hydrogen-bond acceptors (Lipinski definition) is 5. The topological polar surface area (TPSA) is 115 Å². The number of rotatable bonds is 6. The lowest BCUT2D eigenvalue weighted by molar-refractivity contribution is -0.346. The summed E-state index contributed by atoms with van der Waals surface area (Å²) in [5.74, 6) is 0.592. The van der Waals surface area contributed by atoms with Crippen LogP contribution in [0.15, 0.2) is 25.3 Å². The van der Waals surface area contributed by atoms with Crippen molar-refractivity contribution in [2.45, 2.75) is 6.42 Å². The fourth-order valence-electron chi connectivity index (χ4n) is 1.99. The van der Waals surface area contributed by atoms with Gasteiger partial charge in [0, 0.05) is 5.56 Å². The van der Waals surface area contributed by atoms with E-state index in [1.165, 1.54) is 0 Å². The van der Waals surface area contributed by atoms with Crippen molar-refractivity contribution in [3.05, 3.63) is 42.0 Å². The van der Waals surface area contributed by atoms with Crippen LogP contribution < -0.4 is 15.6 Å². The highest BCUT2D eigenvalue weighted by molar-refractivity contribution is 5.64. The molecule has 0 aliphatic heterocycles. The van der Waals surface area contributed by atoms with Gasteiger partial charge in [0.2, 0.25) is 11.6 Å². The second kappa shape index (κ2) is 7.33. The molecule has 0 aromatic carbocycles. The summed E-state index contributed by atoms with van der Waals surface area (Å²) in [5, 5.41) is 27.5. The molecule has 1 aromatic rings. The standard InChI is InChI=1S/C15H14N6/c1-3-7-21(8-4-2)15-13(10-18)11(5-6-16)12(9-17)14(19)20-15/h3-4H,1-2,5,7-8H2,(H2,19,20)/p+1. The summed E-state index contributed by atoms with van der Waals surface area (Å²) in [6.07, 6.45) is 3.29. The van der Waals surface area contributed by atoms with Gasteiger partial charge in [-0.15, -0.1) is 0 Å². The largest absolute Gasteiger partial charge is 0.318 e. The Morgan fingerprint density at radius 3 is 2.10 bits per heavy atom. The lowest BCUT2D eigenvalue weighted by Crippen LogP contribution is -2.33. The molecule has 6 heteroatoms. The van der Waals surface area contributed by atoms with Crippen molar-refractivity contribution in [3.63, 3.8) is 0 Å². The number of aromatic amines is 1. The second-order valence-corrected chi connectivity index (χ2v) is 4.16. The van der Waals surface area contributed by atoms with E-state index in [0.717, 1.165) is 0 Å². The zero-order chi connectivity index (χ0) is 15.8. The summed E-state index contributed by atoms with van der Waals surface area (Å²) >= 11 is 0. The molecule has 1 heterocycles. The van der Waals surface area contributed by atoms with Gasteiger partial charge in [0.15, 0.2) is 0 Å². The number of hydrogen-bond donors (Lipinski definition) is 1. The molecule has 0 fully saturated rings. The Morgan fingerprint density at radius 2 is 1.67 bits per heavy atom. The molecule has 0 saturated carbocycles. The molecular weight excluding hydrogens is 264 g/mol. The number of pyridine rings is 1. The number of aromatic nitrogens is 1. The molecular formula is C15H15N6+. The second-order valence-electron chi connectivity index (χ2n) is 4.16. The number of nitrogens with one attached hydrogen (secondary N) is 1. The summed E-state index contributed by atoms with van der Waals surface area (Å²) in [7, 11) is 0. The van der Waals surface area contributed by atoms with Crippen molar-refractivity contribution in [3.8, 4) is 18.2 Å². The highest BCUT2D eigenvalue weighted by atomic mass is 15.2. The Labute approximate surface area is 123 Å². The maximum atomic E-state index is 9.41. The van der Waals surface area contributed by atoms with Crippen molar-refractivity contribution in [2.75, 3.05) is 23.7 Å². The predicted octanol–water partition coefficient (Wildman–Crippen LogP) is 1.07. The van der Waals surface area contributed by atoms with Crippen LogP contribution in [0.1, 0.15) is 16.7 Å². The summed E-state index contributed by atoms with van der Waals surface area (Å²) in [5.41, 5.74) is 6.56. The molecule has 6 nitrogen and oxygen atoms in total. The number of H-pyrrole nitrogens is 1. The Kier molecular flexibility index (Phi) is 5.50. The number of nitrogens with zero attached hydrogens (tertiary/aromatic N) is 4. The summed E-state index contributed by atoms with van der Waals surface area (Å²) in [6, 6.07) is 5.95. The first-order valence-electron chi connectivity index (χ1n) is 6.16. The van der Waals surface area contributed by atoms with E-state index in [4.69, 9.17) is 16.3 Å². The third kappa shape index (κ3) is 3.18. The number of nitriles is 3. The van der Waals surface area contributed by atoms with Gasteiger partial charge in [0.05, 0.1) is 25.6 Å². The van der Waals surface area contributed by atoms with Gasteiger partial charge < -0.3 is 5.73 Å². The normalized spacial score (nSPS) is 9.00. The Morgan fingerprint density at radius 1 is 1.10 bits per heavy atom. The van der Waals surface area contributed by atoms with Crippen molar-refractivity contribution < 1.29 is 4.98 Å². The van der Waals surface area contributed by atoms with E-state index < -0.39 is 0 Å². The van der Waals surface area contributed by atoms with Crippen LogP contribution >= 0.6 is 0 Å². The average Bonchev–Trinajstić information content (AvgIpc) is 2.47. The van der Waals surface area contributed by atoms with Crippen LogP contribution in [-0.4, -0.2) is 13.1 Å². The third-order valence-corrected chi connectivity index (χ3v) is 2.86. The first kappa shape index (κ1) is 15.8. The Balaban J connectivity index is 3.64. The van der Waals surface area contributed by atoms with E-state index in [0.29, 0.717) is 24.5 Å². The van der Waals surface area contributed by atoms with Crippen LogP contribution in [0, 0.1) is 34.0 Å². The van der Waals surface area contributed by atoms with Gasteiger partial charge in [-0.25, -0.2) is 4.98 Å². The van der Waals surface area contributed by atoms with E-state index in [1.807, 2.05) is 18.2 Å². The monoisotopic (exact) mass is 279 g/mol. The van der Waals surface area contributed by atoms with E-state index in [1.54, 1.807) is 17.1 Å². The van der Waals surface area contributed by atoms with Crippen molar-refractivity contribution in [2.24, 2.45) is 0 Å². The van der Waals surface area contributed by atoms with Gasteiger partial charge in [-0.2, -0.15) is 15.8 Å². The molecule has 0 aliphatic carbocycles. The van der Waals surface area contributed by atoms with Crippen LogP contribution in [0.25, 0.3) is 0 Å². The first-order valence-corrected chi connectivity index (χ1v) is 6.16.